The number of rotatable bonds is 7. The lowest BCUT2D eigenvalue weighted by atomic mass is 10.0. The molecular formula is C18H22ClN3O2. The molecule has 3 N–H and O–H groups in total. The Hall–Kier alpha value is -2.11. The maximum absolute atomic E-state index is 12.0. The number of benzene rings is 1. The molecule has 0 spiro atoms. The monoisotopic (exact) mass is 347 g/mol. The van der Waals surface area contributed by atoms with Gasteiger partial charge < -0.3 is 15.8 Å². The maximum Gasteiger partial charge on any atom is 0.241 e. The molecule has 24 heavy (non-hydrogen) atoms. The van der Waals surface area contributed by atoms with Gasteiger partial charge in [-0.3, -0.25) is 9.78 Å². The van der Waals surface area contributed by atoms with E-state index in [0.717, 1.165) is 5.69 Å². The summed E-state index contributed by atoms with van der Waals surface area (Å²) in [6.07, 6.45) is 2.34. The van der Waals surface area contributed by atoms with Crippen LogP contribution >= 0.6 is 11.6 Å². The maximum atomic E-state index is 12.0. The number of carbonyl (C=O) groups excluding carboxylic acids is 1. The number of hydrogen-bond acceptors (Lipinski definition) is 4. The van der Waals surface area contributed by atoms with Gasteiger partial charge in [0.25, 0.3) is 0 Å². The van der Waals surface area contributed by atoms with Crippen molar-refractivity contribution in [1.29, 1.82) is 0 Å². The van der Waals surface area contributed by atoms with Gasteiger partial charge in [-0.2, -0.15) is 0 Å². The topological polar surface area (TPSA) is 77.2 Å². The summed E-state index contributed by atoms with van der Waals surface area (Å²) < 4.78 is 5.65. The van der Waals surface area contributed by atoms with E-state index in [2.05, 4.69) is 10.3 Å². The number of carbonyl (C=O) groups is 1. The Balaban J connectivity index is 1.95. The predicted molar refractivity (Wildman–Crippen MR) is 96.1 cm³/mol. The number of ether oxygens (including phenoxy) is 1. The Bertz CT molecular complexity index is 677. The second-order valence-corrected chi connectivity index (χ2v) is 6.39. The van der Waals surface area contributed by atoms with Crippen molar-refractivity contribution in [3.8, 4) is 5.75 Å². The molecule has 1 atom stereocenters. The average molecular weight is 348 g/mol. The molecule has 2 aromatic rings. The lowest BCUT2D eigenvalue weighted by Crippen LogP contribution is -2.36. The molecule has 1 heterocycles. The van der Waals surface area contributed by atoms with Gasteiger partial charge in [0.1, 0.15) is 12.4 Å². The summed E-state index contributed by atoms with van der Waals surface area (Å²) in [6, 6.07) is 10.2. The van der Waals surface area contributed by atoms with Crippen molar-refractivity contribution < 1.29 is 9.53 Å². The first-order chi connectivity index (χ1) is 11.5. The quantitative estimate of drug-likeness (QED) is 0.801. The van der Waals surface area contributed by atoms with Crippen molar-refractivity contribution in [2.75, 3.05) is 5.32 Å². The Morgan fingerprint density at radius 2 is 2.12 bits per heavy atom. The highest BCUT2D eigenvalue weighted by Crippen LogP contribution is 2.28. The van der Waals surface area contributed by atoms with Gasteiger partial charge in [-0.15, -0.1) is 0 Å². The van der Waals surface area contributed by atoms with Gasteiger partial charge in [0.05, 0.1) is 16.8 Å². The number of aromatic nitrogens is 1. The molecule has 1 aromatic carbocycles. The molecule has 0 radical (unpaired) electrons. The van der Waals surface area contributed by atoms with Crippen molar-refractivity contribution in [1.82, 2.24) is 4.98 Å². The van der Waals surface area contributed by atoms with E-state index in [-0.39, 0.29) is 5.91 Å². The van der Waals surface area contributed by atoms with Crippen LogP contribution in [0.25, 0.3) is 0 Å². The lowest BCUT2D eigenvalue weighted by molar-refractivity contribution is -0.117. The average Bonchev–Trinajstić information content (AvgIpc) is 2.54. The number of nitrogens with zero attached hydrogens (tertiary/aromatic N) is 1. The van der Waals surface area contributed by atoms with Crippen LogP contribution in [0.15, 0.2) is 42.6 Å². The van der Waals surface area contributed by atoms with Crippen molar-refractivity contribution in [3.05, 3.63) is 53.3 Å². The zero-order chi connectivity index (χ0) is 17.5. The van der Waals surface area contributed by atoms with Crippen molar-refractivity contribution in [3.63, 3.8) is 0 Å². The minimum Gasteiger partial charge on any atom is -0.486 e. The minimum absolute atomic E-state index is 0.220. The van der Waals surface area contributed by atoms with Crippen LogP contribution in [-0.2, 0) is 11.4 Å². The van der Waals surface area contributed by atoms with Crippen molar-refractivity contribution in [2.45, 2.75) is 32.9 Å². The predicted octanol–water partition coefficient (Wildman–Crippen LogP) is 3.63. The van der Waals surface area contributed by atoms with E-state index in [1.807, 2.05) is 32.0 Å². The normalized spacial score (nSPS) is 12.0. The number of hydrogen-bond donors (Lipinski definition) is 2. The van der Waals surface area contributed by atoms with E-state index in [4.69, 9.17) is 22.1 Å². The minimum atomic E-state index is -0.538. The van der Waals surface area contributed by atoms with Gasteiger partial charge in [-0.05, 0) is 42.7 Å². The van der Waals surface area contributed by atoms with Gasteiger partial charge in [-0.25, -0.2) is 0 Å². The van der Waals surface area contributed by atoms with Gasteiger partial charge in [-0.1, -0.05) is 31.5 Å². The van der Waals surface area contributed by atoms with E-state index in [1.54, 1.807) is 24.4 Å². The molecular weight excluding hydrogens is 326 g/mol. The molecule has 1 amide bonds. The number of nitrogens with two attached hydrogens (primary N) is 1. The Morgan fingerprint density at radius 3 is 2.75 bits per heavy atom. The standard InChI is InChI=1S/C18H22ClN3O2/c1-12(2)9-16(20)18(23)22-13-6-7-17(15(19)10-13)24-11-14-5-3-4-8-21-14/h3-8,10,12,16H,9,11,20H2,1-2H3,(H,22,23)/t16-/m0/s1. The molecule has 1 aromatic heterocycles. The molecule has 0 unspecified atom stereocenters. The highest BCUT2D eigenvalue weighted by molar-refractivity contribution is 6.32. The third-order valence-corrected chi connectivity index (χ3v) is 3.66. The van der Waals surface area contributed by atoms with Crippen LogP contribution in [0.1, 0.15) is 26.0 Å². The molecule has 5 nitrogen and oxygen atoms in total. The second-order valence-electron chi connectivity index (χ2n) is 5.98. The third kappa shape index (κ3) is 5.51. The molecule has 128 valence electrons. The fraction of sp³-hybridized carbons (Fsp3) is 0.333. The summed E-state index contributed by atoms with van der Waals surface area (Å²) in [5.41, 5.74) is 7.27. The first kappa shape index (κ1) is 18.2. The highest BCUT2D eigenvalue weighted by atomic mass is 35.5. The summed E-state index contributed by atoms with van der Waals surface area (Å²) in [6.45, 7) is 4.38. The molecule has 0 fully saturated rings. The second kappa shape index (κ2) is 8.66. The summed E-state index contributed by atoms with van der Waals surface area (Å²) in [7, 11) is 0. The lowest BCUT2D eigenvalue weighted by Gasteiger charge is -2.15. The Morgan fingerprint density at radius 1 is 1.33 bits per heavy atom. The van der Waals surface area contributed by atoms with E-state index in [9.17, 15) is 4.79 Å². The number of anilines is 1. The van der Waals surface area contributed by atoms with Gasteiger partial charge in [0.2, 0.25) is 5.91 Å². The molecule has 0 aliphatic heterocycles. The van der Waals surface area contributed by atoms with Crippen LogP contribution in [0.3, 0.4) is 0 Å². The van der Waals surface area contributed by atoms with Crippen LogP contribution in [0.4, 0.5) is 5.69 Å². The van der Waals surface area contributed by atoms with Crippen LogP contribution in [0.5, 0.6) is 5.75 Å². The fourth-order valence-corrected chi connectivity index (χ4v) is 2.42. The summed E-state index contributed by atoms with van der Waals surface area (Å²) in [5, 5.41) is 3.19. The van der Waals surface area contributed by atoms with Gasteiger partial charge >= 0.3 is 0 Å². The molecule has 0 saturated carbocycles. The first-order valence-electron chi connectivity index (χ1n) is 7.84. The fourth-order valence-electron chi connectivity index (χ4n) is 2.18. The molecule has 6 heteroatoms. The van der Waals surface area contributed by atoms with E-state index in [0.29, 0.717) is 35.4 Å². The zero-order valence-corrected chi connectivity index (χ0v) is 14.6. The molecule has 0 bridgehead atoms. The number of amides is 1. The Kier molecular flexibility index (Phi) is 6.58. The largest absolute Gasteiger partial charge is 0.486 e. The number of nitrogens with one attached hydrogen (secondary N) is 1. The molecule has 0 aliphatic carbocycles. The summed E-state index contributed by atoms with van der Waals surface area (Å²) in [5.74, 6) is 0.672. The van der Waals surface area contributed by atoms with Crippen molar-refractivity contribution in [2.24, 2.45) is 11.7 Å². The SMILES string of the molecule is CC(C)C[C@H](N)C(=O)Nc1ccc(OCc2ccccn2)c(Cl)c1. The molecule has 0 aliphatic rings. The van der Waals surface area contributed by atoms with Gasteiger partial charge in [0, 0.05) is 11.9 Å². The third-order valence-electron chi connectivity index (χ3n) is 3.36. The van der Waals surface area contributed by atoms with E-state index < -0.39 is 6.04 Å². The Labute approximate surface area is 147 Å². The zero-order valence-electron chi connectivity index (χ0n) is 13.8. The van der Waals surface area contributed by atoms with E-state index >= 15 is 0 Å². The van der Waals surface area contributed by atoms with Gasteiger partial charge in [0.15, 0.2) is 0 Å². The van der Waals surface area contributed by atoms with Crippen LogP contribution in [-0.4, -0.2) is 16.9 Å². The molecule has 0 saturated heterocycles. The highest BCUT2D eigenvalue weighted by Gasteiger charge is 2.15. The number of halogens is 1. The number of pyridine rings is 1. The summed E-state index contributed by atoms with van der Waals surface area (Å²) in [4.78, 5) is 16.2. The van der Waals surface area contributed by atoms with E-state index in [1.165, 1.54) is 0 Å². The van der Waals surface area contributed by atoms with Crippen LogP contribution < -0.4 is 15.8 Å². The van der Waals surface area contributed by atoms with Crippen LogP contribution in [0, 0.1) is 5.92 Å². The molecule has 2 rings (SSSR count). The first-order valence-corrected chi connectivity index (χ1v) is 8.22. The smallest absolute Gasteiger partial charge is 0.241 e. The summed E-state index contributed by atoms with van der Waals surface area (Å²) >= 11 is 6.22. The van der Waals surface area contributed by atoms with Crippen molar-refractivity contribution >= 4 is 23.2 Å². The van der Waals surface area contributed by atoms with Crippen LogP contribution in [0.2, 0.25) is 5.02 Å².